The molecule has 0 radical (unpaired) electrons. The van der Waals surface area contributed by atoms with Crippen molar-refractivity contribution in [2.45, 2.75) is 26.7 Å². The second-order valence-electron chi connectivity index (χ2n) is 4.04. The summed E-state index contributed by atoms with van der Waals surface area (Å²) in [5.41, 5.74) is 2.26. The Labute approximate surface area is 96.3 Å². The van der Waals surface area contributed by atoms with Gasteiger partial charge in [0.25, 0.3) is 0 Å². The van der Waals surface area contributed by atoms with Gasteiger partial charge < -0.3 is 4.74 Å². The van der Waals surface area contributed by atoms with E-state index in [1.165, 1.54) is 16.5 Å². The number of aryl methyl sites for hydroxylation is 2. The van der Waals surface area contributed by atoms with E-state index in [0.717, 1.165) is 24.3 Å². The van der Waals surface area contributed by atoms with Crippen LogP contribution in [0.2, 0.25) is 0 Å². The molecular formula is C14H17NO. The van der Waals surface area contributed by atoms with Crippen molar-refractivity contribution in [2.75, 3.05) is 7.11 Å². The molecular weight excluding hydrogens is 198 g/mol. The third-order valence-electron chi connectivity index (χ3n) is 2.79. The van der Waals surface area contributed by atoms with Gasteiger partial charge in [0.2, 0.25) is 0 Å². The molecule has 0 unspecified atom stereocenters. The lowest BCUT2D eigenvalue weighted by molar-refractivity contribution is 0.415. The van der Waals surface area contributed by atoms with Crippen LogP contribution in [0.5, 0.6) is 5.75 Å². The van der Waals surface area contributed by atoms with E-state index >= 15 is 0 Å². The quantitative estimate of drug-likeness (QED) is 0.781. The van der Waals surface area contributed by atoms with Crippen LogP contribution in [0.3, 0.4) is 0 Å². The van der Waals surface area contributed by atoms with Crippen molar-refractivity contribution in [1.82, 2.24) is 4.98 Å². The molecule has 0 aliphatic rings. The summed E-state index contributed by atoms with van der Waals surface area (Å²) in [6, 6.07) is 8.32. The summed E-state index contributed by atoms with van der Waals surface area (Å²) < 4.78 is 5.23. The van der Waals surface area contributed by atoms with Gasteiger partial charge in [-0.25, -0.2) is 0 Å². The van der Waals surface area contributed by atoms with Crippen molar-refractivity contribution in [3.05, 3.63) is 35.7 Å². The average Bonchev–Trinajstić information content (AvgIpc) is 2.29. The molecule has 84 valence electrons. The van der Waals surface area contributed by atoms with Gasteiger partial charge in [0.15, 0.2) is 0 Å². The minimum absolute atomic E-state index is 0.889. The number of hydrogen-bond acceptors (Lipinski definition) is 2. The average molecular weight is 215 g/mol. The predicted octanol–water partition coefficient (Wildman–Crippen LogP) is 3.50. The number of pyridine rings is 1. The van der Waals surface area contributed by atoms with E-state index in [2.05, 4.69) is 31.0 Å². The minimum atomic E-state index is 0.889. The van der Waals surface area contributed by atoms with E-state index in [0.29, 0.717) is 0 Å². The summed E-state index contributed by atoms with van der Waals surface area (Å²) in [6.07, 6.45) is 2.18. The number of methoxy groups -OCH3 is 1. The van der Waals surface area contributed by atoms with Crippen molar-refractivity contribution in [3.63, 3.8) is 0 Å². The van der Waals surface area contributed by atoms with E-state index in [9.17, 15) is 0 Å². The van der Waals surface area contributed by atoms with Gasteiger partial charge in [-0.1, -0.05) is 19.4 Å². The van der Waals surface area contributed by atoms with Crippen LogP contribution in [0.15, 0.2) is 24.3 Å². The summed E-state index contributed by atoms with van der Waals surface area (Å²) in [7, 11) is 1.69. The molecule has 0 bridgehead atoms. The van der Waals surface area contributed by atoms with Gasteiger partial charge in [-0.2, -0.15) is 0 Å². The van der Waals surface area contributed by atoms with Crippen LogP contribution in [-0.2, 0) is 6.42 Å². The van der Waals surface area contributed by atoms with Crippen LogP contribution in [0.1, 0.15) is 24.7 Å². The maximum absolute atomic E-state index is 5.23. The van der Waals surface area contributed by atoms with Crippen molar-refractivity contribution in [2.24, 2.45) is 0 Å². The Morgan fingerprint density at radius 1 is 1.25 bits per heavy atom. The Bertz CT molecular complexity index is 505. The second kappa shape index (κ2) is 4.52. The lowest BCUT2D eigenvalue weighted by Gasteiger charge is -2.07. The molecule has 0 aliphatic carbocycles. The maximum atomic E-state index is 5.23. The summed E-state index contributed by atoms with van der Waals surface area (Å²) in [4.78, 5) is 4.61. The van der Waals surface area contributed by atoms with Crippen LogP contribution in [0.4, 0.5) is 0 Å². The highest BCUT2D eigenvalue weighted by molar-refractivity contribution is 5.86. The summed E-state index contributed by atoms with van der Waals surface area (Å²) in [5, 5.41) is 2.43. The Hall–Kier alpha value is -1.57. The molecule has 0 spiro atoms. The Morgan fingerprint density at radius 2 is 2.06 bits per heavy atom. The van der Waals surface area contributed by atoms with Crippen LogP contribution in [0.25, 0.3) is 10.8 Å². The number of fused-ring (bicyclic) bond motifs is 1. The van der Waals surface area contributed by atoms with Crippen LogP contribution >= 0.6 is 0 Å². The van der Waals surface area contributed by atoms with Crippen molar-refractivity contribution in [1.29, 1.82) is 0 Å². The smallest absolute Gasteiger partial charge is 0.119 e. The van der Waals surface area contributed by atoms with Crippen LogP contribution in [0, 0.1) is 6.92 Å². The molecule has 0 saturated carbocycles. The standard InChI is InChI=1S/C14H17NO/c1-4-5-12-8-11-6-7-13(16-3)9-14(11)10(2)15-12/h6-9H,4-5H2,1-3H3. The molecule has 16 heavy (non-hydrogen) atoms. The molecule has 0 fully saturated rings. The SMILES string of the molecule is CCCc1cc2ccc(OC)cc2c(C)n1. The van der Waals surface area contributed by atoms with Gasteiger partial charge in [0.05, 0.1) is 7.11 Å². The lowest BCUT2D eigenvalue weighted by atomic mass is 10.1. The van der Waals surface area contributed by atoms with Gasteiger partial charge >= 0.3 is 0 Å². The first kappa shape index (κ1) is 10.9. The Morgan fingerprint density at radius 3 is 2.75 bits per heavy atom. The predicted molar refractivity (Wildman–Crippen MR) is 67.0 cm³/mol. The van der Waals surface area contributed by atoms with E-state index in [-0.39, 0.29) is 0 Å². The van der Waals surface area contributed by atoms with Crippen LogP contribution in [-0.4, -0.2) is 12.1 Å². The number of hydrogen-bond donors (Lipinski definition) is 0. The fourth-order valence-electron chi connectivity index (χ4n) is 1.97. The summed E-state index contributed by atoms with van der Waals surface area (Å²) in [6.45, 7) is 4.23. The highest BCUT2D eigenvalue weighted by Gasteiger charge is 2.03. The van der Waals surface area contributed by atoms with Gasteiger partial charge in [0.1, 0.15) is 5.75 Å². The first-order valence-electron chi connectivity index (χ1n) is 5.69. The summed E-state index contributed by atoms with van der Waals surface area (Å²) in [5.74, 6) is 0.889. The topological polar surface area (TPSA) is 22.1 Å². The van der Waals surface area contributed by atoms with Crippen molar-refractivity contribution < 1.29 is 4.74 Å². The number of ether oxygens (including phenoxy) is 1. The molecule has 2 rings (SSSR count). The fraction of sp³-hybridized carbons (Fsp3) is 0.357. The Balaban J connectivity index is 2.57. The molecule has 2 heteroatoms. The Kier molecular flexibility index (Phi) is 3.09. The molecule has 0 aliphatic heterocycles. The fourth-order valence-corrected chi connectivity index (χ4v) is 1.97. The minimum Gasteiger partial charge on any atom is -0.497 e. The zero-order valence-corrected chi connectivity index (χ0v) is 10.1. The largest absolute Gasteiger partial charge is 0.497 e. The first-order chi connectivity index (χ1) is 7.74. The first-order valence-corrected chi connectivity index (χ1v) is 5.69. The molecule has 1 aromatic carbocycles. The number of benzene rings is 1. The molecule has 0 N–H and O–H groups in total. The van der Waals surface area contributed by atoms with E-state index in [1.807, 2.05) is 12.1 Å². The molecule has 2 aromatic rings. The molecule has 1 aromatic heterocycles. The zero-order chi connectivity index (χ0) is 11.5. The highest BCUT2D eigenvalue weighted by Crippen LogP contribution is 2.23. The molecule has 1 heterocycles. The molecule has 2 nitrogen and oxygen atoms in total. The summed E-state index contributed by atoms with van der Waals surface area (Å²) >= 11 is 0. The maximum Gasteiger partial charge on any atom is 0.119 e. The van der Waals surface area contributed by atoms with Crippen LogP contribution < -0.4 is 4.74 Å². The monoisotopic (exact) mass is 215 g/mol. The number of aromatic nitrogens is 1. The van der Waals surface area contributed by atoms with Gasteiger partial charge in [-0.3, -0.25) is 4.98 Å². The van der Waals surface area contributed by atoms with Gasteiger partial charge in [0, 0.05) is 16.8 Å². The second-order valence-corrected chi connectivity index (χ2v) is 4.04. The molecule has 0 atom stereocenters. The van der Waals surface area contributed by atoms with Gasteiger partial charge in [-0.15, -0.1) is 0 Å². The zero-order valence-electron chi connectivity index (χ0n) is 10.1. The molecule has 0 saturated heterocycles. The lowest BCUT2D eigenvalue weighted by Crippen LogP contribution is -1.93. The number of nitrogens with zero attached hydrogens (tertiary/aromatic N) is 1. The van der Waals surface area contributed by atoms with Gasteiger partial charge in [-0.05, 0) is 36.9 Å². The molecule has 0 amide bonds. The van der Waals surface area contributed by atoms with E-state index in [1.54, 1.807) is 7.11 Å². The third-order valence-corrected chi connectivity index (χ3v) is 2.79. The number of rotatable bonds is 3. The van der Waals surface area contributed by atoms with Crippen molar-refractivity contribution >= 4 is 10.8 Å². The third kappa shape index (κ3) is 2.01. The highest BCUT2D eigenvalue weighted by atomic mass is 16.5. The van der Waals surface area contributed by atoms with Crippen molar-refractivity contribution in [3.8, 4) is 5.75 Å². The van der Waals surface area contributed by atoms with E-state index < -0.39 is 0 Å². The normalized spacial score (nSPS) is 10.7. The van der Waals surface area contributed by atoms with E-state index in [4.69, 9.17) is 4.74 Å².